The predicted molar refractivity (Wildman–Crippen MR) is 280 cm³/mol. The van der Waals surface area contributed by atoms with E-state index in [-0.39, 0.29) is 0 Å². The van der Waals surface area contributed by atoms with E-state index >= 15 is 0 Å². The molecule has 0 saturated heterocycles. The lowest BCUT2D eigenvalue weighted by atomic mass is 9.68. The van der Waals surface area contributed by atoms with Gasteiger partial charge in [-0.15, -0.1) is 0 Å². The van der Waals surface area contributed by atoms with Crippen molar-refractivity contribution in [3.8, 4) is 44.5 Å². The Labute approximate surface area is 390 Å². The molecule has 0 spiro atoms. The monoisotopic (exact) mass is 853 g/mol. The fraction of sp³-hybridized carbons (Fsp3) is 0.0154. The van der Waals surface area contributed by atoms with Crippen LogP contribution in [0.3, 0.4) is 0 Å². The summed E-state index contributed by atoms with van der Waals surface area (Å²) in [4.78, 5) is 2.47. The first-order valence-corrected chi connectivity index (χ1v) is 23.1. The van der Waals surface area contributed by atoms with Gasteiger partial charge in [0, 0.05) is 27.7 Å². The van der Waals surface area contributed by atoms with Crippen LogP contribution >= 0.6 is 0 Å². The average Bonchev–Trinajstić information content (AvgIpc) is 3.93. The third kappa shape index (κ3) is 6.26. The Hall–Kier alpha value is -8.72. The first-order chi connectivity index (χ1) is 33.2. The Morgan fingerprint density at radius 1 is 0.313 bits per heavy atom. The van der Waals surface area contributed by atoms with Crippen molar-refractivity contribution in [3.63, 3.8) is 0 Å². The highest BCUT2D eigenvalue weighted by Crippen LogP contribution is 2.59. The van der Waals surface area contributed by atoms with Gasteiger partial charge in [-0.25, -0.2) is 0 Å². The van der Waals surface area contributed by atoms with Gasteiger partial charge >= 0.3 is 0 Å². The van der Waals surface area contributed by atoms with Crippen molar-refractivity contribution < 1.29 is 4.42 Å². The molecule has 2 heteroatoms. The summed E-state index contributed by atoms with van der Waals surface area (Å²) in [6.45, 7) is 0. The van der Waals surface area contributed by atoms with Crippen molar-refractivity contribution in [2.45, 2.75) is 5.41 Å². The molecule has 12 aromatic rings. The van der Waals surface area contributed by atoms with Crippen LogP contribution in [0.2, 0.25) is 0 Å². The van der Waals surface area contributed by atoms with Crippen molar-refractivity contribution in [2.24, 2.45) is 0 Å². The largest absolute Gasteiger partial charge is 0.456 e. The second-order valence-corrected chi connectivity index (χ2v) is 17.6. The minimum absolute atomic E-state index is 0.528. The molecule has 0 saturated carbocycles. The fourth-order valence-corrected chi connectivity index (χ4v) is 11.0. The number of furan rings is 1. The van der Waals surface area contributed by atoms with E-state index in [2.05, 4.69) is 254 Å². The van der Waals surface area contributed by atoms with E-state index in [1.54, 1.807) is 0 Å². The topological polar surface area (TPSA) is 16.4 Å². The summed E-state index contributed by atoms with van der Waals surface area (Å²) in [6, 6.07) is 95.2. The predicted octanol–water partition coefficient (Wildman–Crippen LogP) is 17.6. The molecule has 1 aromatic heterocycles. The molecule has 1 aliphatic carbocycles. The Bertz CT molecular complexity index is 3760. The molecule has 314 valence electrons. The molecule has 13 rings (SSSR count). The summed E-state index contributed by atoms with van der Waals surface area (Å²) in [7, 11) is 0. The summed E-state index contributed by atoms with van der Waals surface area (Å²) in [5.74, 6) is 0. The van der Waals surface area contributed by atoms with Gasteiger partial charge in [-0.05, 0) is 127 Å². The minimum atomic E-state index is -0.528. The summed E-state index contributed by atoms with van der Waals surface area (Å²) in [5, 5.41) is 4.75. The van der Waals surface area contributed by atoms with Crippen LogP contribution in [-0.2, 0) is 5.41 Å². The normalized spacial score (nSPS) is 12.6. The Morgan fingerprint density at radius 3 is 1.70 bits per heavy atom. The van der Waals surface area contributed by atoms with Crippen molar-refractivity contribution >= 4 is 49.8 Å². The number of anilines is 3. The Morgan fingerprint density at radius 2 is 0.881 bits per heavy atom. The van der Waals surface area contributed by atoms with Gasteiger partial charge in [0.15, 0.2) is 0 Å². The van der Waals surface area contributed by atoms with Crippen LogP contribution in [0.5, 0.6) is 0 Å². The molecule has 0 unspecified atom stereocenters. The minimum Gasteiger partial charge on any atom is -0.456 e. The number of para-hydroxylation sites is 1. The molecule has 0 atom stereocenters. The Balaban J connectivity index is 1.01. The highest BCUT2D eigenvalue weighted by molar-refractivity contribution is 6.06. The van der Waals surface area contributed by atoms with Gasteiger partial charge in [0.2, 0.25) is 0 Å². The molecule has 0 N–H and O–H groups in total. The van der Waals surface area contributed by atoms with Gasteiger partial charge in [0.05, 0.1) is 11.1 Å². The highest BCUT2D eigenvalue weighted by atomic mass is 16.3. The quantitative estimate of drug-likeness (QED) is 0.151. The lowest BCUT2D eigenvalue weighted by Crippen LogP contribution is -2.28. The third-order valence-electron chi connectivity index (χ3n) is 13.9. The van der Waals surface area contributed by atoms with Crippen molar-refractivity contribution in [3.05, 3.63) is 283 Å². The summed E-state index contributed by atoms with van der Waals surface area (Å²) >= 11 is 0. The maximum Gasteiger partial charge on any atom is 0.135 e. The third-order valence-corrected chi connectivity index (χ3v) is 13.9. The SMILES string of the molecule is c1ccc(C2(c3ccccc3)c3ccccc3-c3c(N(c4ccc(-c5ccc6oc7ccccc7c6c5)cc4)c4cccc(-c5cccc(-c6cccc7ccccc67)c5)c4)cccc32)cc1. The molecule has 0 bridgehead atoms. The second kappa shape index (κ2) is 15.8. The maximum atomic E-state index is 6.21. The van der Waals surface area contributed by atoms with Crippen LogP contribution in [0.4, 0.5) is 17.1 Å². The number of hydrogen-bond acceptors (Lipinski definition) is 2. The first-order valence-electron chi connectivity index (χ1n) is 23.1. The number of hydrogen-bond donors (Lipinski definition) is 0. The number of benzene rings is 11. The maximum absolute atomic E-state index is 6.21. The van der Waals surface area contributed by atoms with Gasteiger partial charge in [-0.2, -0.15) is 0 Å². The number of nitrogens with zero attached hydrogens (tertiary/aromatic N) is 1. The zero-order valence-corrected chi connectivity index (χ0v) is 36.7. The van der Waals surface area contributed by atoms with E-state index in [9.17, 15) is 0 Å². The molecule has 11 aromatic carbocycles. The molecule has 1 heterocycles. The molecular weight excluding hydrogens is 811 g/mol. The van der Waals surface area contributed by atoms with Crippen molar-refractivity contribution in [1.29, 1.82) is 0 Å². The molecule has 0 fully saturated rings. The summed E-state index contributed by atoms with van der Waals surface area (Å²) in [5.41, 5.74) is 19.1. The highest BCUT2D eigenvalue weighted by Gasteiger charge is 2.47. The van der Waals surface area contributed by atoms with E-state index in [1.807, 2.05) is 12.1 Å². The van der Waals surface area contributed by atoms with Crippen LogP contribution < -0.4 is 4.90 Å². The molecular formula is C65H43NO. The lowest BCUT2D eigenvalue weighted by molar-refractivity contribution is 0.669. The molecule has 1 aliphatic rings. The van der Waals surface area contributed by atoms with E-state index < -0.39 is 5.41 Å². The average molecular weight is 854 g/mol. The molecule has 2 nitrogen and oxygen atoms in total. The smallest absolute Gasteiger partial charge is 0.135 e. The van der Waals surface area contributed by atoms with Gasteiger partial charge < -0.3 is 9.32 Å². The van der Waals surface area contributed by atoms with Crippen LogP contribution in [0.25, 0.3) is 77.2 Å². The first kappa shape index (κ1) is 38.7. The van der Waals surface area contributed by atoms with Gasteiger partial charge in [-0.1, -0.05) is 206 Å². The van der Waals surface area contributed by atoms with Gasteiger partial charge in [0.25, 0.3) is 0 Å². The zero-order chi connectivity index (χ0) is 44.3. The van der Waals surface area contributed by atoms with Crippen LogP contribution in [-0.4, -0.2) is 0 Å². The fourth-order valence-electron chi connectivity index (χ4n) is 11.0. The number of fused-ring (bicyclic) bond motifs is 7. The van der Waals surface area contributed by atoms with E-state index in [0.29, 0.717) is 0 Å². The van der Waals surface area contributed by atoms with E-state index in [1.165, 1.54) is 60.8 Å². The van der Waals surface area contributed by atoms with Crippen molar-refractivity contribution in [1.82, 2.24) is 0 Å². The van der Waals surface area contributed by atoms with Crippen molar-refractivity contribution in [2.75, 3.05) is 4.90 Å². The van der Waals surface area contributed by atoms with Crippen LogP contribution in [0.15, 0.2) is 265 Å². The number of rotatable bonds is 8. The van der Waals surface area contributed by atoms with Crippen LogP contribution in [0, 0.1) is 0 Å². The standard InChI is InChI=1S/C65H43NO/c1-3-22-50(23-4-1)65(51-24-5-2-6-25-51)59-31-11-9-29-57(59)64-60(65)32-16-33-61(64)66(52-38-35-44(36-39-52)48-37-40-63-58(43-48)56-28-10-12-34-62(56)67-63)53-26-14-20-47(42-53)46-19-13-21-49(41-46)55-30-15-18-45-17-7-8-27-54(45)55/h1-43H. The van der Waals surface area contributed by atoms with E-state index in [0.717, 1.165) is 55.7 Å². The van der Waals surface area contributed by atoms with E-state index in [4.69, 9.17) is 4.42 Å². The summed E-state index contributed by atoms with van der Waals surface area (Å²) < 4.78 is 6.21. The lowest BCUT2D eigenvalue weighted by Gasteiger charge is -2.34. The van der Waals surface area contributed by atoms with Gasteiger partial charge in [0.1, 0.15) is 11.2 Å². The molecule has 0 aliphatic heterocycles. The molecule has 0 radical (unpaired) electrons. The molecule has 67 heavy (non-hydrogen) atoms. The van der Waals surface area contributed by atoms with Gasteiger partial charge in [-0.3, -0.25) is 0 Å². The van der Waals surface area contributed by atoms with Crippen LogP contribution in [0.1, 0.15) is 22.3 Å². The molecule has 0 amide bonds. The Kier molecular flexibility index (Phi) is 9.11. The second-order valence-electron chi connectivity index (χ2n) is 17.6. The summed E-state index contributed by atoms with van der Waals surface area (Å²) in [6.07, 6.45) is 0. The zero-order valence-electron chi connectivity index (χ0n) is 36.7.